The Balaban J connectivity index is 3.30. The van der Waals surface area contributed by atoms with Gasteiger partial charge >= 0.3 is 0 Å². The smallest absolute Gasteiger partial charge is 0.0784 e. The SMILES string of the molecule is Cc1ccc(C(Cl)(Cl)Cl)cc1C(Cl)(Cl)Cl. The molecule has 1 rings (SSSR count). The monoisotopic (exact) mass is 324 g/mol. The number of hydrogen-bond acceptors (Lipinski definition) is 0. The van der Waals surface area contributed by atoms with Crippen LogP contribution in [-0.2, 0) is 7.59 Å². The second-order valence-corrected chi connectivity index (χ2v) is 7.59. The van der Waals surface area contributed by atoms with E-state index >= 15 is 0 Å². The molecule has 0 amide bonds. The second kappa shape index (κ2) is 4.68. The second-order valence-electron chi connectivity index (χ2n) is 3.03. The molecule has 0 aliphatic carbocycles. The number of aryl methyl sites for hydroxylation is 1. The van der Waals surface area contributed by atoms with Gasteiger partial charge in [-0.3, -0.25) is 0 Å². The van der Waals surface area contributed by atoms with Gasteiger partial charge in [0.15, 0.2) is 0 Å². The molecule has 0 N–H and O–H groups in total. The molecule has 0 nitrogen and oxygen atoms in total. The summed E-state index contributed by atoms with van der Waals surface area (Å²) in [5.41, 5.74) is 1.81. The highest BCUT2D eigenvalue weighted by atomic mass is 35.6. The summed E-state index contributed by atoms with van der Waals surface area (Å²) in [5.74, 6) is 0. The minimum absolute atomic E-state index is 0.472. The molecule has 1 aromatic carbocycles. The minimum atomic E-state index is -1.52. The lowest BCUT2D eigenvalue weighted by atomic mass is 10.1. The first-order valence-electron chi connectivity index (χ1n) is 3.87. The fourth-order valence-electron chi connectivity index (χ4n) is 1.10. The van der Waals surface area contributed by atoms with Gasteiger partial charge in [0.1, 0.15) is 0 Å². The molecule has 0 radical (unpaired) electrons. The average molecular weight is 327 g/mol. The fraction of sp³-hybridized carbons (Fsp3) is 0.333. The van der Waals surface area contributed by atoms with E-state index in [0.29, 0.717) is 11.1 Å². The average Bonchev–Trinajstić information content (AvgIpc) is 2.00. The molecule has 1 aromatic rings. The van der Waals surface area contributed by atoms with Gasteiger partial charge in [0.05, 0.1) is 0 Å². The zero-order valence-corrected chi connectivity index (χ0v) is 12.0. The van der Waals surface area contributed by atoms with Gasteiger partial charge in [0.25, 0.3) is 0 Å². The summed E-state index contributed by atoms with van der Waals surface area (Å²) in [6.07, 6.45) is 0. The molecule has 0 heterocycles. The van der Waals surface area contributed by atoms with Gasteiger partial charge in [-0.15, -0.1) is 0 Å². The lowest BCUT2D eigenvalue weighted by Gasteiger charge is -2.18. The summed E-state index contributed by atoms with van der Waals surface area (Å²) < 4.78 is -3.03. The summed E-state index contributed by atoms with van der Waals surface area (Å²) in [4.78, 5) is 0. The molecule has 15 heavy (non-hydrogen) atoms. The normalized spacial score (nSPS) is 13.0. The third-order valence-corrected chi connectivity index (χ3v) is 3.14. The Morgan fingerprint density at radius 1 is 0.867 bits per heavy atom. The van der Waals surface area contributed by atoms with E-state index in [4.69, 9.17) is 69.6 Å². The largest absolute Gasteiger partial charge is 0.216 e. The van der Waals surface area contributed by atoms with E-state index < -0.39 is 7.59 Å². The van der Waals surface area contributed by atoms with Crippen LogP contribution in [0.2, 0.25) is 0 Å². The van der Waals surface area contributed by atoms with Crippen molar-refractivity contribution in [2.75, 3.05) is 0 Å². The van der Waals surface area contributed by atoms with Gasteiger partial charge in [-0.2, -0.15) is 0 Å². The predicted molar refractivity (Wildman–Crippen MR) is 69.7 cm³/mol. The lowest BCUT2D eigenvalue weighted by Crippen LogP contribution is -2.07. The van der Waals surface area contributed by atoms with Crippen molar-refractivity contribution in [1.29, 1.82) is 0 Å². The topological polar surface area (TPSA) is 0 Å². The summed E-state index contributed by atoms with van der Waals surface area (Å²) in [7, 11) is 0. The predicted octanol–water partition coefficient (Wildman–Crippen LogP) is 5.65. The van der Waals surface area contributed by atoms with Crippen LogP contribution in [0.15, 0.2) is 18.2 Å². The van der Waals surface area contributed by atoms with Gasteiger partial charge in [-0.1, -0.05) is 81.7 Å². The standard InChI is InChI=1S/C9H6Cl6/c1-5-2-3-6(8(10,11)12)4-7(5)9(13,14)15/h2-4H,1H3. The Labute approximate surface area is 118 Å². The van der Waals surface area contributed by atoms with Crippen molar-refractivity contribution in [1.82, 2.24) is 0 Å². The number of halogens is 6. The van der Waals surface area contributed by atoms with E-state index in [1.807, 2.05) is 6.92 Å². The van der Waals surface area contributed by atoms with Crippen molar-refractivity contribution in [2.24, 2.45) is 0 Å². The first-order valence-corrected chi connectivity index (χ1v) is 6.14. The maximum Gasteiger partial charge on any atom is 0.216 e. The van der Waals surface area contributed by atoms with Gasteiger partial charge in [-0.25, -0.2) is 0 Å². The van der Waals surface area contributed by atoms with Crippen LogP contribution in [0.1, 0.15) is 16.7 Å². The van der Waals surface area contributed by atoms with Crippen LogP contribution in [0, 0.1) is 6.92 Å². The fourth-order valence-corrected chi connectivity index (χ4v) is 2.07. The van der Waals surface area contributed by atoms with Crippen molar-refractivity contribution < 1.29 is 0 Å². The molecule has 0 aliphatic rings. The first-order chi connectivity index (χ1) is 6.62. The zero-order valence-electron chi connectivity index (χ0n) is 7.50. The first kappa shape index (κ1) is 14.0. The molecule has 0 fully saturated rings. The van der Waals surface area contributed by atoms with Crippen molar-refractivity contribution in [2.45, 2.75) is 14.5 Å². The molecule has 0 aliphatic heterocycles. The van der Waals surface area contributed by atoms with Gasteiger partial charge in [0.2, 0.25) is 7.59 Å². The molecule has 0 aromatic heterocycles. The van der Waals surface area contributed by atoms with Crippen molar-refractivity contribution in [3.05, 3.63) is 34.9 Å². The van der Waals surface area contributed by atoms with Crippen molar-refractivity contribution in [3.63, 3.8) is 0 Å². The molecule has 0 spiro atoms. The summed E-state index contributed by atoms with van der Waals surface area (Å²) in [5, 5.41) is 0. The van der Waals surface area contributed by atoms with Crippen LogP contribution in [0.25, 0.3) is 0 Å². The molecule has 84 valence electrons. The highest BCUT2D eigenvalue weighted by Gasteiger charge is 2.29. The maximum absolute atomic E-state index is 5.79. The van der Waals surface area contributed by atoms with Crippen LogP contribution in [0.5, 0.6) is 0 Å². The van der Waals surface area contributed by atoms with Crippen LogP contribution in [0.4, 0.5) is 0 Å². The molecule has 0 saturated heterocycles. The zero-order chi connectivity index (χ0) is 11.9. The van der Waals surface area contributed by atoms with Crippen LogP contribution < -0.4 is 0 Å². The Morgan fingerprint density at radius 3 is 1.80 bits per heavy atom. The van der Waals surface area contributed by atoms with E-state index in [-0.39, 0.29) is 0 Å². The molecule has 0 bridgehead atoms. The van der Waals surface area contributed by atoms with Gasteiger partial charge in [0, 0.05) is 11.1 Å². The molecule has 6 heteroatoms. The Morgan fingerprint density at radius 2 is 1.40 bits per heavy atom. The number of rotatable bonds is 0. The van der Waals surface area contributed by atoms with E-state index in [1.165, 1.54) is 0 Å². The van der Waals surface area contributed by atoms with Crippen molar-refractivity contribution >= 4 is 69.6 Å². The third-order valence-electron chi connectivity index (χ3n) is 1.87. The van der Waals surface area contributed by atoms with Gasteiger partial charge < -0.3 is 0 Å². The Kier molecular flexibility index (Phi) is 4.37. The number of benzene rings is 1. The Bertz CT molecular complexity index is 360. The van der Waals surface area contributed by atoms with Crippen molar-refractivity contribution in [3.8, 4) is 0 Å². The third kappa shape index (κ3) is 3.73. The van der Waals surface area contributed by atoms with Crippen LogP contribution in [-0.4, -0.2) is 0 Å². The lowest BCUT2D eigenvalue weighted by molar-refractivity contribution is 1.14. The number of alkyl halides is 6. The molecular weight excluding hydrogens is 321 g/mol. The number of hydrogen-bond donors (Lipinski definition) is 0. The Hall–Kier alpha value is 0.960. The summed E-state index contributed by atoms with van der Waals surface area (Å²) in [6, 6.07) is 5.01. The van der Waals surface area contributed by atoms with Crippen LogP contribution >= 0.6 is 69.6 Å². The van der Waals surface area contributed by atoms with Crippen LogP contribution in [0.3, 0.4) is 0 Å². The van der Waals surface area contributed by atoms with Gasteiger partial charge in [-0.05, 0) is 18.6 Å². The molecule has 0 atom stereocenters. The van der Waals surface area contributed by atoms with E-state index in [1.54, 1.807) is 18.2 Å². The minimum Gasteiger partial charge on any atom is -0.0784 e. The van der Waals surface area contributed by atoms with E-state index in [0.717, 1.165) is 5.56 Å². The molecule has 0 unspecified atom stereocenters. The summed E-state index contributed by atoms with van der Waals surface area (Å²) >= 11 is 34.6. The highest BCUT2D eigenvalue weighted by Crippen LogP contribution is 2.44. The quantitative estimate of drug-likeness (QED) is 0.540. The molecule has 0 saturated carbocycles. The highest BCUT2D eigenvalue weighted by molar-refractivity contribution is 6.67. The maximum atomic E-state index is 5.79. The summed E-state index contributed by atoms with van der Waals surface area (Å²) in [6.45, 7) is 1.82. The van der Waals surface area contributed by atoms with E-state index in [2.05, 4.69) is 0 Å². The molecular formula is C9H6Cl6. The van der Waals surface area contributed by atoms with E-state index in [9.17, 15) is 0 Å².